The number of aromatic hydroxyl groups is 1. The van der Waals surface area contributed by atoms with Crippen LogP contribution in [0.1, 0.15) is 52.0 Å². The molecule has 0 bridgehead atoms. The molecule has 1 saturated carbocycles. The van der Waals surface area contributed by atoms with E-state index in [9.17, 15) is 10.2 Å². The summed E-state index contributed by atoms with van der Waals surface area (Å²) in [6.45, 7) is 6.50. The molecule has 3 rings (SSSR count). The van der Waals surface area contributed by atoms with Crippen LogP contribution in [-0.2, 0) is 5.41 Å². The SMILES string of the molecule is CC1(O)C=CC(C2CCC(C(C)(C)c3ccc(O)cc3)CC2)C=C1. The molecule has 24 heavy (non-hydrogen) atoms. The molecule has 1 aromatic carbocycles. The first-order valence-electron chi connectivity index (χ1n) is 9.18. The van der Waals surface area contributed by atoms with Crippen LogP contribution in [0.5, 0.6) is 5.75 Å². The van der Waals surface area contributed by atoms with Crippen molar-refractivity contribution in [1.29, 1.82) is 0 Å². The maximum atomic E-state index is 9.99. The Morgan fingerprint density at radius 1 is 0.958 bits per heavy atom. The lowest BCUT2D eigenvalue weighted by Crippen LogP contribution is -2.33. The Hall–Kier alpha value is -1.54. The van der Waals surface area contributed by atoms with E-state index >= 15 is 0 Å². The molecule has 0 amide bonds. The van der Waals surface area contributed by atoms with Crippen molar-refractivity contribution in [3.8, 4) is 5.75 Å². The molecule has 0 saturated heterocycles. The summed E-state index contributed by atoms with van der Waals surface area (Å²) in [5.74, 6) is 2.19. The fraction of sp³-hybridized carbons (Fsp3) is 0.545. The molecule has 2 aliphatic rings. The molecular weight excluding hydrogens is 296 g/mol. The van der Waals surface area contributed by atoms with Crippen LogP contribution in [0.2, 0.25) is 0 Å². The van der Waals surface area contributed by atoms with Crippen molar-refractivity contribution in [1.82, 2.24) is 0 Å². The lowest BCUT2D eigenvalue weighted by molar-refractivity contribution is 0.153. The summed E-state index contributed by atoms with van der Waals surface area (Å²) < 4.78 is 0. The first-order valence-corrected chi connectivity index (χ1v) is 9.18. The van der Waals surface area contributed by atoms with Gasteiger partial charge in [-0.1, -0.05) is 50.3 Å². The minimum absolute atomic E-state index is 0.139. The van der Waals surface area contributed by atoms with E-state index in [1.54, 1.807) is 12.1 Å². The fourth-order valence-electron chi connectivity index (χ4n) is 4.40. The third-order valence-corrected chi connectivity index (χ3v) is 6.26. The second-order valence-corrected chi connectivity index (χ2v) is 8.40. The molecule has 0 heterocycles. The van der Waals surface area contributed by atoms with Gasteiger partial charge in [-0.25, -0.2) is 0 Å². The van der Waals surface area contributed by atoms with Gasteiger partial charge in [0.25, 0.3) is 0 Å². The van der Waals surface area contributed by atoms with Crippen LogP contribution in [0.15, 0.2) is 48.6 Å². The van der Waals surface area contributed by atoms with Crippen molar-refractivity contribution in [2.24, 2.45) is 17.8 Å². The van der Waals surface area contributed by atoms with Crippen LogP contribution < -0.4 is 0 Å². The van der Waals surface area contributed by atoms with E-state index in [0.29, 0.717) is 23.5 Å². The second kappa shape index (κ2) is 6.40. The van der Waals surface area contributed by atoms with Gasteiger partial charge in [0.05, 0.1) is 5.60 Å². The molecule has 2 aliphatic carbocycles. The topological polar surface area (TPSA) is 40.5 Å². The van der Waals surface area contributed by atoms with Crippen molar-refractivity contribution in [2.75, 3.05) is 0 Å². The van der Waals surface area contributed by atoms with Gasteiger partial charge in [-0.2, -0.15) is 0 Å². The largest absolute Gasteiger partial charge is 0.508 e. The normalized spacial score (nSPS) is 33.6. The van der Waals surface area contributed by atoms with Gasteiger partial charge in [-0.3, -0.25) is 0 Å². The number of phenolic OH excluding ortho intramolecular Hbond substituents is 1. The van der Waals surface area contributed by atoms with Crippen LogP contribution in [-0.4, -0.2) is 15.8 Å². The van der Waals surface area contributed by atoms with Crippen molar-refractivity contribution < 1.29 is 10.2 Å². The summed E-state index contributed by atoms with van der Waals surface area (Å²) in [6.07, 6.45) is 13.2. The van der Waals surface area contributed by atoms with E-state index in [2.05, 4.69) is 38.1 Å². The minimum atomic E-state index is -0.769. The van der Waals surface area contributed by atoms with E-state index < -0.39 is 5.60 Å². The van der Waals surface area contributed by atoms with Crippen molar-refractivity contribution in [3.63, 3.8) is 0 Å². The van der Waals surface area contributed by atoms with Crippen molar-refractivity contribution >= 4 is 0 Å². The average Bonchev–Trinajstić information content (AvgIpc) is 2.55. The van der Waals surface area contributed by atoms with Gasteiger partial charge in [0.1, 0.15) is 5.75 Å². The first-order chi connectivity index (χ1) is 11.3. The summed E-state index contributed by atoms with van der Waals surface area (Å²) in [7, 11) is 0. The van der Waals surface area contributed by atoms with Gasteiger partial charge in [0.15, 0.2) is 0 Å². The zero-order valence-electron chi connectivity index (χ0n) is 15.1. The predicted molar refractivity (Wildman–Crippen MR) is 99.0 cm³/mol. The molecule has 2 nitrogen and oxygen atoms in total. The Labute approximate surface area is 145 Å². The van der Waals surface area contributed by atoms with Gasteiger partial charge in [0, 0.05) is 0 Å². The van der Waals surface area contributed by atoms with Gasteiger partial charge in [-0.15, -0.1) is 0 Å². The number of allylic oxidation sites excluding steroid dienone is 2. The van der Waals surface area contributed by atoms with Gasteiger partial charge >= 0.3 is 0 Å². The first kappa shape index (κ1) is 17.3. The zero-order valence-corrected chi connectivity index (χ0v) is 15.1. The lowest BCUT2D eigenvalue weighted by Gasteiger charge is -2.41. The third kappa shape index (κ3) is 3.59. The number of hydrogen-bond donors (Lipinski definition) is 2. The summed E-state index contributed by atoms with van der Waals surface area (Å²) in [5.41, 5.74) is 0.687. The van der Waals surface area contributed by atoms with Crippen LogP contribution in [0.3, 0.4) is 0 Å². The molecule has 0 aromatic heterocycles. The highest BCUT2D eigenvalue weighted by atomic mass is 16.3. The maximum absolute atomic E-state index is 9.99. The van der Waals surface area contributed by atoms with Crippen LogP contribution >= 0.6 is 0 Å². The van der Waals surface area contributed by atoms with Crippen molar-refractivity contribution in [2.45, 2.75) is 57.5 Å². The Bertz CT molecular complexity index is 598. The summed E-state index contributed by atoms with van der Waals surface area (Å²) in [4.78, 5) is 0. The predicted octanol–water partition coefficient (Wildman–Crippen LogP) is 4.97. The number of hydrogen-bond acceptors (Lipinski definition) is 2. The van der Waals surface area contributed by atoms with Crippen LogP contribution in [0, 0.1) is 17.8 Å². The van der Waals surface area contributed by atoms with Crippen molar-refractivity contribution in [3.05, 3.63) is 54.1 Å². The molecule has 2 heteroatoms. The van der Waals surface area contributed by atoms with E-state index in [-0.39, 0.29) is 5.41 Å². The zero-order chi connectivity index (χ0) is 17.4. The lowest BCUT2D eigenvalue weighted by atomic mass is 9.64. The average molecular weight is 326 g/mol. The summed E-state index contributed by atoms with van der Waals surface area (Å²) in [5, 5.41) is 19.5. The molecule has 2 N–H and O–H groups in total. The summed E-state index contributed by atoms with van der Waals surface area (Å²) >= 11 is 0. The molecule has 1 fully saturated rings. The Kier molecular flexibility index (Phi) is 4.61. The van der Waals surface area contributed by atoms with E-state index in [0.717, 1.165) is 0 Å². The smallest absolute Gasteiger partial charge is 0.115 e. The fourth-order valence-corrected chi connectivity index (χ4v) is 4.40. The van der Waals surface area contributed by atoms with Gasteiger partial charge in [-0.05, 0) is 73.5 Å². The Morgan fingerprint density at radius 2 is 1.50 bits per heavy atom. The molecule has 0 unspecified atom stereocenters. The van der Waals surface area contributed by atoms with E-state index in [1.165, 1.54) is 31.2 Å². The standard InChI is InChI=1S/C22H30O2/c1-21(2,19-8-10-20(23)11-9-19)18-6-4-16(5-7-18)17-12-14-22(3,24)15-13-17/h8-18,23-24H,4-7H2,1-3H3. The highest BCUT2D eigenvalue weighted by Gasteiger charge is 2.36. The molecular formula is C22H30O2. The van der Waals surface area contributed by atoms with Gasteiger partial charge < -0.3 is 10.2 Å². The molecule has 1 aromatic rings. The third-order valence-electron chi connectivity index (χ3n) is 6.26. The number of phenols is 1. The highest BCUT2D eigenvalue weighted by molar-refractivity contribution is 5.31. The quantitative estimate of drug-likeness (QED) is 0.770. The van der Waals surface area contributed by atoms with Crippen LogP contribution in [0.4, 0.5) is 0 Å². The Morgan fingerprint density at radius 3 is 2.04 bits per heavy atom. The summed E-state index contributed by atoms with van der Waals surface area (Å²) in [6, 6.07) is 7.73. The molecule has 0 radical (unpaired) electrons. The maximum Gasteiger partial charge on any atom is 0.115 e. The minimum Gasteiger partial charge on any atom is -0.508 e. The number of benzene rings is 1. The highest BCUT2D eigenvalue weighted by Crippen LogP contribution is 2.45. The monoisotopic (exact) mass is 326 g/mol. The Balaban J connectivity index is 1.62. The molecule has 0 spiro atoms. The van der Waals surface area contributed by atoms with Crippen LogP contribution in [0.25, 0.3) is 0 Å². The second-order valence-electron chi connectivity index (χ2n) is 8.40. The van der Waals surface area contributed by atoms with Gasteiger partial charge in [0.2, 0.25) is 0 Å². The molecule has 0 atom stereocenters. The van der Waals surface area contributed by atoms with E-state index in [1.807, 2.05) is 19.1 Å². The van der Waals surface area contributed by atoms with E-state index in [4.69, 9.17) is 0 Å². The number of aliphatic hydroxyl groups is 1. The number of rotatable bonds is 3. The molecule has 130 valence electrons. The molecule has 0 aliphatic heterocycles.